The summed E-state index contributed by atoms with van der Waals surface area (Å²) in [6, 6.07) is 25.3. The largest absolute Gasteiger partial charge is 0.322 e. The van der Waals surface area contributed by atoms with Gasteiger partial charge in [-0.3, -0.25) is 19.2 Å². The number of anilines is 2. The lowest BCUT2D eigenvalue weighted by Crippen LogP contribution is -2.29. The molecule has 1 heterocycles. The molecule has 6 heteroatoms. The molecule has 0 aliphatic carbocycles. The zero-order valence-electron chi connectivity index (χ0n) is 19.7. The van der Waals surface area contributed by atoms with Crippen LogP contribution in [0, 0.1) is 13.8 Å². The van der Waals surface area contributed by atoms with Crippen LogP contribution in [-0.4, -0.2) is 23.5 Å². The molecule has 36 heavy (non-hydrogen) atoms. The van der Waals surface area contributed by atoms with Gasteiger partial charge in [0.25, 0.3) is 17.7 Å². The number of rotatable bonds is 5. The van der Waals surface area contributed by atoms with Gasteiger partial charge in [0.2, 0.25) is 0 Å². The Morgan fingerprint density at radius 1 is 0.639 bits per heavy atom. The molecule has 0 aromatic heterocycles. The summed E-state index contributed by atoms with van der Waals surface area (Å²) in [6.45, 7) is 3.94. The van der Waals surface area contributed by atoms with E-state index >= 15 is 0 Å². The predicted molar refractivity (Wildman–Crippen MR) is 138 cm³/mol. The Bertz CT molecular complexity index is 1540. The third-order valence-corrected chi connectivity index (χ3v) is 6.34. The summed E-state index contributed by atoms with van der Waals surface area (Å²) < 4.78 is 0. The number of benzene rings is 4. The standard InChI is InChI=1S/C30H22N2O4/c1-18-8-9-22(16-19(18)2)27(33)20-10-13-24(14-11-20)32-29(35)25-15-12-23(17-26(25)30(32)36)31-28(34)21-6-4-3-5-7-21/h3-17H,1-2H3,(H,31,34). The second-order valence-corrected chi connectivity index (χ2v) is 8.70. The molecule has 0 unspecified atom stereocenters. The van der Waals surface area contributed by atoms with Crippen LogP contribution >= 0.6 is 0 Å². The summed E-state index contributed by atoms with van der Waals surface area (Å²) in [5.74, 6) is -1.39. The molecular weight excluding hydrogens is 452 g/mol. The Balaban J connectivity index is 1.36. The van der Waals surface area contributed by atoms with Crippen molar-refractivity contribution >= 4 is 34.9 Å². The molecule has 0 saturated heterocycles. The van der Waals surface area contributed by atoms with E-state index in [2.05, 4.69) is 5.32 Å². The number of nitrogens with one attached hydrogen (secondary N) is 1. The van der Waals surface area contributed by atoms with Gasteiger partial charge in [0.05, 0.1) is 16.8 Å². The lowest BCUT2D eigenvalue weighted by atomic mass is 9.99. The van der Waals surface area contributed by atoms with Crippen molar-refractivity contribution in [3.05, 3.63) is 130 Å². The van der Waals surface area contributed by atoms with Crippen LogP contribution in [0.2, 0.25) is 0 Å². The molecule has 3 amide bonds. The van der Waals surface area contributed by atoms with Crippen molar-refractivity contribution in [1.29, 1.82) is 0 Å². The normalized spacial score (nSPS) is 12.4. The number of carbonyl (C=O) groups excluding carboxylic acids is 4. The van der Waals surface area contributed by atoms with Crippen molar-refractivity contribution in [1.82, 2.24) is 0 Å². The smallest absolute Gasteiger partial charge is 0.266 e. The van der Waals surface area contributed by atoms with Crippen LogP contribution < -0.4 is 10.2 Å². The Kier molecular flexibility index (Phi) is 5.78. The minimum atomic E-state index is -0.487. The van der Waals surface area contributed by atoms with Crippen molar-refractivity contribution in [2.24, 2.45) is 0 Å². The summed E-state index contributed by atoms with van der Waals surface area (Å²) in [7, 11) is 0. The predicted octanol–water partition coefficient (Wildman–Crippen LogP) is 5.59. The van der Waals surface area contributed by atoms with E-state index in [-0.39, 0.29) is 22.8 Å². The van der Waals surface area contributed by atoms with Gasteiger partial charge in [-0.25, -0.2) is 4.90 Å². The van der Waals surface area contributed by atoms with Gasteiger partial charge in [0, 0.05) is 22.4 Å². The van der Waals surface area contributed by atoms with Gasteiger partial charge in [0.1, 0.15) is 0 Å². The van der Waals surface area contributed by atoms with E-state index in [9.17, 15) is 19.2 Å². The fourth-order valence-corrected chi connectivity index (χ4v) is 4.16. The number of fused-ring (bicyclic) bond motifs is 1. The monoisotopic (exact) mass is 474 g/mol. The van der Waals surface area contributed by atoms with Gasteiger partial charge in [-0.2, -0.15) is 0 Å². The minimum Gasteiger partial charge on any atom is -0.322 e. The maximum Gasteiger partial charge on any atom is 0.266 e. The van der Waals surface area contributed by atoms with Gasteiger partial charge >= 0.3 is 0 Å². The highest BCUT2D eigenvalue weighted by Gasteiger charge is 2.37. The molecule has 5 rings (SSSR count). The van der Waals surface area contributed by atoms with Crippen molar-refractivity contribution in [3.63, 3.8) is 0 Å². The fourth-order valence-electron chi connectivity index (χ4n) is 4.16. The summed E-state index contributed by atoms with van der Waals surface area (Å²) >= 11 is 0. The second-order valence-electron chi connectivity index (χ2n) is 8.70. The minimum absolute atomic E-state index is 0.134. The van der Waals surface area contributed by atoms with E-state index in [0.29, 0.717) is 28.1 Å². The highest BCUT2D eigenvalue weighted by Crippen LogP contribution is 2.31. The molecule has 1 aliphatic heterocycles. The van der Waals surface area contributed by atoms with E-state index in [1.807, 2.05) is 32.0 Å². The van der Waals surface area contributed by atoms with Gasteiger partial charge in [0.15, 0.2) is 5.78 Å². The first-order valence-corrected chi connectivity index (χ1v) is 11.4. The van der Waals surface area contributed by atoms with Crippen LogP contribution in [0.4, 0.5) is 11.4 Å². The number of hydrogen-bond donors (Lipinski definition) is 1. The molecule has 0 bridgehead atoms. The number of hydrogen-bond acceptors (Lipinski definition) is 4. The number of amides is 3. The van der Waals surface area contributed by atoms with E-state index < -0.39 is 11.8 Å². The molecular formula is C30H22N2O4. The third kappa shape index (κ3) is 4.09. The SMILES string of the molecule is Cc1ccc(C(=O)c2ccc(N3C(=O)c4ccc(NC(=O)c5ccccc5)cc4C3=O)cc2)cc1C. The van der Waals surface area contributed by atoms with Crippen molar-refractivity contribution in [2.75, 3.05) is 10.2 Å². The quantitative estimate of drug-likeness (QED) is 0.302. The Morgan fingerprint density at radius 2 is 1.31 bits per heavy atom. The maximum absolute atomic E-state index is 13.2. The number of aryl methyl sites for hydroxylation is 2. The Morgan fingerprint density at radius 3 is 2.00 bits per heavy atom. The molecule has 0 spiro atoms. The highest BCUT2D eigenvalue weighted by atomic mass is 16.2. The van der Waals surface area contributed by atoms with Crippen LogP contribution in [0.25, 0.3) is 0 Å². The van der Waals surface area contributed by atoms with Gasteiger partial charge in [-0.15, -0.1) is 0 Å². The highest BCUT2D eigenvalue weighted by molar-refractivity contribution is 6.34. The van der Waals surface area contributed by atoms with E-state index in [1.165, 1.54) is 12.1 Å². The Hall–Kier alpha value is -4.84. The average molecular weight is 475 g/mol. The molecule has 0 radical (unpaired) electrons. The molecule has 4 aromatic rings. The average Bonchev–Trinajstić information content (AvgIpc) is 3.15. The van der Waals surface area contributed by atoms with E-state index in [4.69, 9.17) is 0 Å². The molecule has 1 aliphatic rings. The van der Waals surface area contributed by atoms with Gasteiger partial charge in [-0.05, 0) is 85.6 Å². The van der Waals surface area contributed by atoms with Crippen LogP contribution in [0.3, 0.4) is 0 Å². The molecule has 0 saturated carbocycles. The topological polar surface area (TPSA) is 83.6 Å². The molecule has 0 fully saturated rings. The summed E-state index contributed by atoms with van der Waals surface area (Å²) in [6.07, 6.45) is 0. The third-order valence-electron chi connectivity index (χ3n) is 6.34. The first kappa shape index (κ1) is 22.9. The van der Waals surface area contributed by atoms with Crippen molar-refractivity contribution < 1.29 is 19.2 Å². The van der Waals surface area contributed by atoms with Crippen LogP contribution in [0.15, 0.2) is 91.0 Å². The number of nitrogens with zero attached hydrogens (tertiary/aromatic N) is 1. The molecule has 176 valence electrons. The fraction of sp³-hybridized carbons (Fsp3) is 0.0667. The first-order chi connectivity index (χ1) is 17.3. The number of imide groups is 1. The first-order valence-electron chi connectivity index (χ1n) is 11.4. The molecule has 4 aromatic carbocycles. The zero-order valence-corrected chi connectivity index (χ0v) is 19.7. The van der Waals surface area contributed by atoms with E-state index in [1.54, 1.807) is 60.7 Å². The van der Waals surface area contributed by atoms with Gasteiger partial charge in [-0.1, -0.05) is 30.3 Å². The summed E-state index contributed by atoms with van der Waals surface area (Å²) in [5.41, 5.74) is 4.92. The van der Waals surface area contributed by atoms with Gasteiger partial charge < -0.3 is 5.32 Å². The van der Waals surface area contributed by atoms with Crippen molar-refractivity contribution in [3.8, 4) is 0 Å². The van der Waals surface area contributed by atoms with Crippen LogP contribution in [0.5, 0.6) is 0 Å². The van der Waals surface area contributed by atoms with Crippen LogP contribution in [0.1, 0.15) is 58.1 Å². The second kappa shape index (κ2) is 9.07. The number of ketones is 1. The van der Waals surface area contributed by atoms with Crippen LogP contribution in [-0.2, 0) is 0 Å². The van der Waals surface area contributed by atoms with E-state index in [0.717, 1.165) is 16.0 Å². The molecule has 1 N–H and O–H groups in total. The zero-order chi connectivity index (χ0) is 25.4. The Labute approximate surface area is 208 Å². The summed E-state index contributed by atoms with van der Waals surface area (Å²) in [5, 5.41) is 2.76. The lowest BCUT2D eigenvalue weighted by molar-refractivity contribution is 0.0924. The lowest BCUT2D eigenvalue weighted by Gasteiger charge is -2.14. The molecule has 0 atom stereocenters. The number of carbonyl (C=O) groups is 4. The van der Waals surface area contributed by atoms with Crippen molar-refractivity contribution in [2.45, 2.75) is 13.8 Å². The summed E-state index contributed by atoms with van der Waals surface area (Å²) in [4.78, 5) is 52.6. The maximum atomic E-state index is 13.2. The molecule has 6 nitrogen and oxygen atoms in total.